The molecule has 0 saturated heterocycles. The molecule has 72 valence electrons. The van der Waals surface area contributed by atoms with Crippen LogP contribution in [0, 0.1) is 5.41 Å². The minimum atomic E-state index is -0.315. The summed E-state index contributed by atoms with van der Waals surface area (Å²) in [7, 11) is 0. The highest BCUT2D eigenvalue weighted by Gasteiger charge is 2.39. The minimum Gasteiger partial charge on any atom is -0.388 e. The minimum absolute atomic E-state index is 0.315. The second kappa shape index (κ2) is 3.26. The Balaban J connectivity index is 2.00. The number of rotatable bonds is 3. The van der Waals surface area contributed by atoms with Crippen molar-refractivity contribution >= 4 is 22.9 Å². The molecule has 1 unspecified atom stereocenters. The number of thiophene rings is 1. The Hall–Kier alpha value is -0.0500. The Morgan fingerprint density at radius 3 is 2.77 bits per heavy atom. The van der Waals surface area contributed by atoms with Gasteiger partial charge in [-0.3, -0.25) is 0 Å². The average molecular weight is 217 g/mol. The van der Waals surface area contributed by atoms with E-state index in [1.165, 1.54) is 24.2 Å². The van der Waals surface area contributed by atoms with Crippen LogP contribution in [-0.2, 0) is 0 Å². The third kappa shape index (κ3) is 2.25. The van der Waals surface area contributed by atoms with E-state index in [1.807, 2.05) is 12.1 Å². The molecule has 1 aromatic rings. The van der Waals surface area contributed by atoms with Gasteiger partial charge in [-0.15, -0.1) is 11.3 Å². The van der Waals surface area contributed by atoms with Crippen molar-refractivity contribution in [3.8, 4) is 0 Å². The molecule has 2 rings (SSSR count). The molecular formula is C10H13ClOS. The normalized spacial score (nSPS) is 21.5. The number of aliphatic hydroxyl groups excluding tert-OH is 1. The van der Waals surface area contributed by atoms with Gasteiger partial charge < -0.3 is 5.11 Å². The zero-order valence-corrected chi connectivity index (χ0v) is 9.16. The van der Waals surface area contributed by atoms with Crippen molar-refractivity contribution in [2.75, 3.05) is 0 Å². The number of hydrogen-bond donors (Lipinski definition) is 1. The van der Waals surface area contributed by atoms with Crippen molar-refractivity contribution < 1.29 is 5.11 Å². The van der Waals surface area contributed by atoms with Crippen LogP contribution in [0.15, 0.2) is 12.1 Å². The third-order valence-corrected chi connectivity index (χ3v) is 4.04. The van der Waals surface area contributed by atoms with Crippen molar-refractivity contribution in [1.29, 1.82) is 0 Å². The van der Waals surface area contributed by atoms with E-state index < -0.39 is 0 Å². The van der Waals surface area contributed by atoms with E-state index in [2.05, 4.69) is 6.92 Å². The van der Waals surface area contributed by atoms with Gasteiger partial charge in [0.2, 0.25) is 0 Å². The van der Waals surface area contributed by atoms with E-state index in [0.717, 1.165) is 15.6 Å². The standard InChI is InChI=1S/C10H13ClOS/c1-10(4-5-10)6-7(12)8-2-3-9(11)13-8/h2-3,7,12H,4-6H2,1H3. The monoisotopic (exact) mass is 216 g/mol. The van der Waals surface area contributed by atoms with Crippen molar-refractivity contribution in [2.45, 2.75) is 32.3 Å². The van der Waals surface area contributed by atoms with Crippen LogP contribution < -0.4 is 0 Å². The smallest absolute Gasteiger partial charge is 0.0932 e. The molecule has 1 aromatic heterocycles. The molecule has 0 spiro atoms. The summed E-state index contributed by atoms with van der Waals surface area (Å²) in [6, 6.07) is 3.77. The molecule has 3 heteroatoms. The molecule has 0 amide bonds. The lowest BCUT2D eigenvalue weighted by Crippen LogP contribution is -2.02. The molecule has 0 bridgehead atoms. The first-order chi connectivity index (χ1) is 6.09. The van der Waals surface area contributed by atoms with Crippen LogP contribution in [0.5, 0.6) is 0 Å². The van der Waals surface area contributed by atoms with Gasteiger partial charge in [0.1, 0.15) is 0 Å². The Bertz CT molecular complexity index is 304. The Morgan fingerprint density at radius 2 is 2.31 bits per heavy atom. The van der Waals surface area contributed by atoms with Gasteiger partial charge in [-0.25, -0.2) is 0 Å². The van der Waals surface area contributed by atoms with Crippen LogP contribution in [0.3, 0.4) is 0 Å². The largest absolute Gasteiger partial charge is 0.388 e. The molecule has 1 heterocycles. The topological polar surface area (TPSA) is 20.2 Å². The van der Waals surface area contributed by atoms with Gasteiger partial charge in [0.05, 0.1) is 10.4 Å². The lowest BCUT2D eigenvalue weighted by Gasteiger charge is -2.12. The maximum Gasteiger partial charge on any atom is 0.0932 e. The summed E-state index contributed by atoms with van der Waals surface area (Å²) in [5.74, 6) is 0. The van der Waals surface area contributed by atoms with Crippen molar-refractivity contribution in [2.24, 2.45) is 5.41 Å². The molecule has 0 aliphatic heterocycles. The SMILES string of the molecule is CC1(CC(O)c2ccc(Cl)s2)CC1. The van der Waals surface area contributed by atoms with E-state index in [0.29, 0.717) is 5.41 Å². The predicted octanol–water partition coefficient (Wildman–Crippen LogP) is 3.63. The molecule has 0 radical (unpaired) electrons. The van der Waals surface area contributed by atoms with Gasteiger partial charge in [-0.1, -0.05) is 18.5 Å². The highest BCUT2D eigenvalue weighted by Crippen LogP contribution is 2.51. The van der Waals surface area contributed by atoms with Crippen LogP contribution in [0.2, 0.25) is 4.34 Å². The third-order valence-electron chi connectivity index (χ3n) is 2.71. The Labute approximate surface area is 87.4 Å². The zero-order valence-electron chi connectivity index (χ0n) is 7.59. The van der Waals surface area contributed by atoms with Crippen LogP contribution in [0.1, 0.15) is 37.2 Å². The molecule has 1 saturated carbocycles. The van der Waals surface area contributed by atoms with Crippen LogP contribution >= 0.6 is 22.9 Å². The summed E-state index contributed by atoms with van der Waals surface area (Å²) in [6.07, 6.45) is 3.07. The van der Waals surface area contributed by atoms with Crippen LogP contribution in [-0.4, -0.2) is 5.11 Å². The van der Waals surface area contributed by atoms with Crippen LogP contribution in [0.25, 0.3) is 0 Å². The number of hydrogen-bond acceptors (Lipinski definition) is 2. The second-order valence-electron chi connectivity index (χ2n) is 4.17. The molecule has 1 N–H and O–H groups in total. The van der Waals surface area contributed by atoms with Gasteiger partial charge in [-0.05, 0) is 36.8 Å². The summed E-state index contributed by atoms with van der Waals surface area (Å²) in [5.41, 5.74) is 0.399. The molecule has 13 heavy (non-hydrogen) atoms. The molecule has 1 fully saturated rings. The van der Waals surface area contributed by atoms with Gasteiger partial charge in [0.25, 0.3) is 0 Å². The fourth-order valence-electron chi connectivity index (χ4n) is 1.49. The fraction of sp³-hybridized carbons (Fsp3) is 0.600. The lowest BCUT2D eigenvalue weighted by molar-refractivity contribution is 0.145. The maximum atomic E-state index is 9.86. The van der Waals surface area contributed by atoms with Crippen molar-refractivity contribution in [3.05, 3.63) is 21.3 Å². The average Bonchev–Trinajstić information content (AvgIpc) is 2.62. The van der Waals surface area contributed by atoms with E-state index >= 15 is 0 Å². The van der Waals surface area contributed by atoms with E-state index in [1.54, 1.807) is 0 Å². The van der Waals surface area contributed by atoms with Gasteiger partial charge in [0, 0.05) is 4.88 Å². The van der Waals surface area contributed by atoms with Crippen molar-refractivity contribution in [3.63, 3.8) is 0 Å². The maximum absolute atomic E-state index is 9.86. The molecule has 1 atom stereocenters. The molecule has 1 nitrogen and oxygen atoms in total. The quantitative estimate of drug-likeness (QED) is 0.818. The van der Waals surface area contributed by atoms with Crippen molar-refractivity contribution in [1.82, 2.24) is 0 Å². The predicted molar refractivity (Wildman–Crippen MR) is 56.2 cm³/mol. The highest BCUT2D eigenvalue weighted by molar-refractivity contribution is 7.16. The van der Waals surface area contributed by atoms with E-state index in [-0.39, 0.29) is 6.10 Å². The summed E-state index contributed by atoms with van der Waals surface area (Å²) >= 11 is 7.28. The number of halogens is 1. The molecule has 1 aliphatic carbocycles. The van der Waals surface area contributed by atoms with Gasteiger partial charge >= 0.3 is 0 Å². The zero-order chi connectivity index (χ0) is 9.47. The first kappa shape index (κ1) is 9.50. The molecular weight excluding hydrogens is 204 g/mol. The fourth-order valence-corrected chi connectivity index (χ4v) is 2.54. The van der Waals surface area contributed by atoms with Crippen LogP contribution in [0.4, 0.5) is 0 Å². The lowest BCUT2D eigenvalue weighted by atomic mass is 10.0. The summed E-state index contributed by atoms with van der Waals surface area (Å²) in [6.45, 7) is 2.23. The summed E-state index contributed by atoms with van der Waals surface area (Å²) in [4.78, 5) is 0.998. The Morgan fingerprint density at radius 1 is 1.62 bits per heavy atom. The molecule has 1 aliphatic rings. The summed E-state index contributed by atoms with van der Waals surface area (Å²) in [5, 5.41) is 9.86. The number of aliphatic hydroxyl groups is 1. The van der Waals surface area contributed by atoms with E-state index in [9.17, 15) is 5.11 Å². The second-order valence-corrected chi connectivity index (χ2v) is 5.92. The van der Waals surface area contributed by atoms with Gasteiger partial charge in [-0.2, -0.15) is 0 Å². The van der Waals surface area contributed by atoms with E-state index in [4.69, 9.17) is 11.6 Å². The summed E-state index contributed by atoms with van der Waals surface area (Å²) < 4.78 is 0.759. The van der Waals surface area contributed by atoms with Gasteiger partial charge in [0.15, 0.2) is 0 Å². The molecule has 0 aromatic carbocycles. The highest BCUT2D eigenvalue weighted by atomic mass is 35.5. The first-order valence-electron chi connectivity index (χ1n) is 4.52. The Kier molecular flexibility index (Phi) is 2.39. The first-order valence-corrected chi connectivity index (χ1v) is 5.72.